The highest BCUT2D eigenvalue weighted by Gasteiger charge is 2.36. The molecule has 0 bridgehead atoms. The van der Waals surface area contributed by atoms with Crippen LogP contribution in [0.5, 0.6) is 0 Å². The fourth-order valence-electron chi connectivity index (χ4n) is 4.40. The Morgan fingerprint density at radius 3 is 2.77 bits per heavy atom. The van der Waals surface area contributed by atoms with Gasteiger partial charge in [-0.3, -0.25) is 0 Å². The highest BCUT2D eigenvalue weighted by Crippen LogP contribution is 2.49. The number of aryl methyl sites for hydroxylation is 1. The topological polar surface area (TPSA) is 23.5 Å². The van der Waals surface area contributed by atoms with Crippen molar-refractivity contribution in [2.75, 3.05) is 18.1 Å². The van der Waals surface area contributed by atoms with Gasteiger partial charge in [0.05, 0.1) is 6.04 Å². The van der Waals surface area contributed by atoms with Gasteiger partial charge in [0.1, 0.15) is 0 Å². The Morgan fingerprint density at radius 2 is 1.91 bits per heavy atom. The van der Waals surface area contributed by atoms with Crippen LogP contribution in [0.25, 0.3) is 0 Å². The van der Waals surface area contributed by atoms with Crippen molar-refractivity contribution < 1.29 is 5.11 Å². The summed E-state index contributed by atoms with van der Waals surface area (Å²) in [7, 11) is 0. The number of fused-ring (bicyclic) bond motifs is 5. The molecule has 4 rings (SSSR count). The third kappa shape index (κ3) is 2.05. The van der Waals surface area contributed by atoms with Gasteiger partial charge in [0.15, 0.2) is 0 Å². The molecule has 2 aliphatic rings. The van der Waals surface area contributed by atoms with E-state index in [2.05, 4.69) is 54.3 Å². The predicted molar refractivity (Wildman–Crippen MR) is 90.5 cm³/mol. The molecule has 0 unspecified atom stereocenters. The number of hydrogen-bond donors (Lipinski definition) is 1. The number of para-hydroxylation sites is 1. The van der Waals surface area contributed by atoms with E-state index in [1.54, 1.807) is 0 Å². The van der Waals surface area contributed by atoms with Crippen LogP contribution in [0, 0.1) is 6.92 Å². The van der Waals surface area contributed by atoms with Crippen LogP contribution in [-0.4, -0.2) is 18.3 Å². The van der Waals surface area contributed by atoms with E-state index in [0.29, 0.717) is 12.0 Å². The number of aliphatic hydroxyl groups excluding tert-OH is 1. The van der Waals surface area contributed by atoms with E-state index in [4.69, 9.17) is 0 Å². The quantitative estimate of drug-likeness (QED) is 0.905. The average Bonchev–Trinajstić information content (AvgIpc) is 2.55. The monoisotopic (exact) mass is 293 g/mol. The number of rotatable bonds is 2. The smallest absolute Gasteiger partial charge is 0.0551 e. The van der Waals surface area contributed by atoms with Crippen LogP contribution in [0.3, 0.4) is 0 Å². The van der Waals surface area contributed by atoms with Gasteiger partial charge in [0, 0.05) is 18.8 Å². The van der Waals surface area contributed by atoms with Crippen LogP contribution in [-0.2, 0) is 6.42 Å². The summed E-state index contributed by atoms with van der Waals surface area (Å²) in [4.78, 5) is 2.61. The SMILES string of the molecule is Cc1cccc2c1N1CCc3ccccc3[C@H]1C[C@H]2CCO. The van der Waals surface area contributed by atoms with Crippen LogP contribution in [0.2, 0.25) is 0 Å². The largest absolute Gasteiger partial charge is 0.396 e. The first-order chi connectivity index (χ1) is 10.8. The van der Waals surface area contributed by atoms with Crippen LogP contribution < -0.4 is 4.90 Å². The molecule has 2 heteroatoms. The van der Waals surface area contributed by atoms with Crippen LogP contribution in [0.15, 0.2) is 42.5 Å². The molecule has 0 amide bonds. The van der Waals surface area contributed by atoms with Crippen molar-refractivity contribution >= 4 is 5.69 Å². The van der Waals surface area contributed by atoms with E-state index in [0.717, 1.165) is 25.8 Å². The Bertz CT molecular complexity index is 694. The van der Waals surface area contributed by atoms with Crippen molar-refractivity contribution in [3.05, 3.63) is 64.7 Å². The first-order valence-corrected chi connectivity index (χ1v) is 8.34. The van der Waals surface area contributed by atoms with Crippen molar-refractivity contribution in [2.45, 2.75) is 38.1 Å². The summed E-state index contributed by atoms with van der Waals surface area (Å²) < 4.78 is 0. The molecule has 2 aromatic rings. The number of benzene rings is 2. The lowest BCUT2D eigenvalue weighted by molar-refractivity contribution is 0.266. The molecule has 2 nitrogen and oxygen atoms in total. The fraction of sp³-hybridized carbons (Fsp3) is 0.400. The van der Waals surface area contributed by atoms with Crippen molar-refractivity contribution in [3.63, 3.8) is 0 Å². The zero-order valence-electron chi connectivity index (χ0n) is 13.1. The zero-order chi connectivity index (χ0) is 15.1. The van der Waals surface area contributed by atoms with Gasteiger partial charge in [0.2, 0.25) is 0 Å². The average molecular weight is 293 g/mol. The Morgan fingerprint density at radius 1 is 1.09 bits per heavy atom. The standard InChI is InChI=1S/C20H23NO/c1-14-5-4-8-18-16(10-12-22)13-19-17-7-3-2-6-15(17)9-11-21(19)20(14)18/h2-8,16,19,22H,9-13H2,1H3/t16-,19-/m1/s1. The molecule has 2 aromatic carbocycles. The maximum atomic E-state index is 9.49. The summed E-state index contributed by atoms with van der Waals surface area (Å²) in [6, 6.07) is 16.0. The lowest BCUT2D eigenvalue weighted by atomic mass is 9.77. The molecule has 0 spiro atoms. The second kappa shape index (κ2) is 5.44. The summed E-state index contributed by atoms with van der Waals surface area (Å²) in [5.74, 6) is 0.465. The number of aliphatic hydroxyl groups is 1. The van der Waals surface area contributed by atoms with Crippen LogP contribution in [0.4, 0.5) is 5.69 Å². The minimum Gasteiger partial charge on any atom is -0.396 e. The number of anilines is 1. The molecule has 0 aliphatic carbocycles. The maximum Gasteiger partial charge on any atom is 0.0551 e. The molecule has 2 aliphatic heterocycles. The summed E-state index contributed by atoms with van der Waals surface area (Å²) >= 11 is 0. The molecular weight excluding hydrogens is 270 g/mol. The van der Waals surface area contributed by atoms with Crippen molar-refractivity contribution in [3.8, 4) is 0 Å². The normalized spacial score (nSPS) is 22.7. The van der Waals surface area contributed by atoms with Crippen LogP contribution >= 0.6 is 0 Å². The number of nitrogens with zero attached hydrogens (tertiary/aromatic N) is 1. The third-order valence-electron chi connectivity index (χ3n) is 5.39. The Labute approximate surface area is 132 Å². The summed E-state index contributed by atoms with van der Waals surface area (Å²) in [6.07, 6.45) is 3.11. The van der Waals surface area contributed by atoms with E-state index in [9.17, 15) is 5.11 Å². The van der Waals surface area contributed by atoms with Gasteiger partial charge in [-0.1, -0.05) is 42.5 Å². The van der Waals surface area contributed by atoms with Crippen molar-refractivity contribution in [1.82, 2.24) is 0 Å². The highest BCUT2D eigenvalue weighted by atomic mass is 16.3. The molecule has 0 saturated heterocycles. The molecule has 2 atom stereocenters. The van der Waals surface area contributed by atoms with Crippen molar-refractivity contribution in [2.24, 2.45) is 0 Å². The second-order valence-corrected chi connectivity index (χ2v) is 6.62. The van der Waals surface area contributed by atoms with Gasteiger partial charge >= 0.3 is 0 Å². The Balaban J connectivity index is 1.85. The van der Waals surface area contributed by atoms with E-state index in [1.165, 1.54) is 27.9 Å². The number of hydrogen-bond acceptors (Lipinski definition) is 2. The Kier molecular flexibility index (Phi) is 3.42. The lowest BCUT2D eigenvalue weighted by Gasteiger charge is -2.46. The summed E-state index contributed by atoms with van der Waals surface area (Å²) in [5, 5.41) is 9.49. The Hall–Kier alpha value is -1.80. The predicted octanol–water partition coefficient (Wildman–Crippen LogP) is 3.97. The molecule has 0 radical (unpaired) electrons. The first kappa shape index (κ1) is 13.8. The van der Waals surface area contributed by atoms with E-state index >= 15 is 0 Å². The fourth-order valence-corrected chi connectivity index (χ4v) is 4.40. The van der Waals surface area contributed by atoms with Gasteiger partial charge < -0.3 is 10.0 Å². The molecule has 0 aromatic heterocycles. The molecule has 1 N–H and O–H groups in total. The van der Waals surface area contributed by atoms with Gasteiger partial charge in [-0.25, -0.2) is 0 Å². The molecule has 0 saturated carbocycles. The lowest BCUT2D eigenvalue weighted by Crippen LogP contribution is -2.40. The van der Waals surface area contributed by atoms with E-state index in [-0.39, 0.29) is 6.61 Å². The maximum absolute atomic E-state index is 9.49. The molecule has 114 valence electrons. The van der Waals surface area contributed by atoms with E-state index < -0.39 is 0 Å². The van der Waals surface area contributed by atoms with Gasteiger partial charge in [-0.15, -0.1) is 0 Å². The van der Waals surface area contributed by atoms with Gasteiger partial charge in [-0.05, 0) is 54.4 Å². The highest BCUT2D eigenvalue weighted by molar-refractivity contribution is 5.65. The van der Waals surface area contributed by atoms with Crippen LogP contribution in [0.1, 0.15) is 47.1 Å². The second-order valence-electron chi connectivity index (χ2n) is 6.62. The molecule has 2 heterocycles. The van der Waals surface area contributed by atoms with Crippen molar-refractivity contribution in [1.29, 1.82) is 0 Å². The zero-order valence-corrected chi connectivity index (χ0v) is 13.1. The molecular formula is C20H23NO. The minimum atomic E-state index is 0.270. The molecule has 0 fully saturated rings. The first-order valence-electron chi connectivity index (χ1n) is 8.34. The third-order valence-corrected chi connectivity index (χ3v) is 5.39. The van der Waals surface area contributed by atoms with Gasteiger partial charge in [0.25, 0.3) is 0 Å². The summed E-state index contributed by atoms with van der Waals surface area (Å²) in [5.41, 5.74) is 7.22. The van der Waals surface area contributed by atoms with Gasteiger partial charge in [-0.2, -0.15) is 0 Å². The summed E-state index contributed by atoms with van der Waals surface area (Å²) in [6.45, 7) is 3.59. The van der Waals surface area contributed by atoms with E-state index in [1.807, 2.05) is 0 Å². The molecule has 22 heavy (non-hydrogen) atoms. The minimum absolute atomic E-state index is 0.270.